The molecule has 0 aromatic carbocycles. The summed E-state index contributed by atoms with van der Waals surface area (Å²) in [4.78, 5) is 2.71. The molecule has 0 radical (unpaired) electrons. The summed E-state index contributed by atoms with van der Waals surface area (Å²) in [5.74, 6) is 1.60. The topological polar surface area (TPSA) is 3.24 Å². The van der Waals surface area contributed by atoms with Gasteiger partial charge in [0.05, 0.1) is 0 Å². The van der Waals surface area contributed by atoms with Gasteiger partial charge in [-0.25, -0.2) is 0 Å². The number of alkyl halides is 1. The van der Waals surface area contributed by atoms with Crippen molar-refractivity contribution < 1.29 is 0 Å². The van der Waals surface area contributed by atoms with Crippen molar-refractivity contribution in [2.75, 3.05) is 12.4 Å². The summed E-state index contributed by atoms with van der Waals surface area (Å²) < 4.78 is 0. The Bertz CT molecular complexity index is 172. The Balaban J connectivity index is 2.29. The van der Waals surface area contributed by atoms with Crippen LogP contribution in [0.5, 0.6) is 0 Å². The zero-order valence-corrected chi connectivity index (χ0v) is 11.3. The van der Waals surface area contributed by atoms with Crippen LogP contribution in [0, 0.1) is 5.92 Å². The quantitative estimate of drug-likeness (QED) is 0.627. The number of nitrogens with zero attached hydrogens (tertiary/aromatic N) is 1. The molecular formula is C13H26ClN. The van der Waals surface area contributed by atoms with Gasteiger partial charge in [-0.05, 0) is 51.5 Å². The molecule has 1 nitrogen and oxygen atoms in total. The lowest BCUT2D eigenvalue weighted by Gasteiger charge is -2.28. The molecule has 0 amide bonds. The predicted molar refractivity (Wildman–Crippen MR) is 68.6 cm³/mol. The molecule has 1 heterocycles. The molecule has 0 aromatic heterocycles. The Hall–Kier alpha value is 0.250. The zero-order valence-electron chi connectivity index (χ0n) is 10.5. The molecule has 0 aromatic rings. The summed E-state index contributed by atoms with van der Waals surface area (Å²) in [6, 6.07) is 1.65. The second-order valence-corrected chi connectivity index (χ2v) is 5.48. The van der Waals surface area contributed by atoms with Gasteiger partial charge in [0.2, 0.25) is 0 Å². The standard InChI is InChI=1S/C13H26ClN/c1-4-13-6-5-12(3)15(13)10-8-11(2)7-9-14/h11-13H,4-10H2,1-3H3. The van der Waals surface area contributed by atoms with Crippen molar-refractivity contribution in [1.82, 2.24) is 4.90 Å². The molecule has 1 saturated heterocycles. The van der Waals surface area contributed by atoms with Gasteiger partial charge < -0.3 is 0 Å². The first-order chi connectivity index (χ1) is 7.19. The fraction of sp³-hybridized carbons (Fsp3) is 1.00. The number of hydrogen-bond donors (Lipinski definition) is 0. The highest BCUT2D eigenvalue weighted by Crippen LogP contribution is 2.26. The smallest absolute Gasteiger partial charge is 0.0225 e. The second kappa shape index (κ2) is 6.75. The summed E-state index contributed by atoms with van der Waals surface area (Å²) in [6.07, 6.45) is 6.59. The van der Waals surface area contributed by atoms with E-state index in [0.717, 1.165) is 23.9 Å². The molecule has 0 saturated carbocycles. The van der Waals surface area contributed by atoms with E-state index in [4.69, 9.17) is 11.6 Å². The molecule has 1 rings (SSSR count). The maximum absolute atomic E-state index is 5.76. The molecule has 3 unspecified atom stereocenters. The third-order valence-corrected chi connectivity index (χ3v) is 4.12. The Kier molecular flexibility index (Phi) is 5.99. The van der Waals surface area contributed by atoms with Crippen LogP contribution in [0.1, 0.15) is 52.9 Å². The van der Waals surface area contributed by atoms with Crippen molar-refractivity contribution in [1.29, 1.82) is 0 Å². The van der Waals surface area contributed by atoms with Gasteiger partial charge in [0, 0.05) is 18.0 Å². The first kappa shape index (κ1) is 13.3. The number of hydrogen-bond acceptors (Lipinski definition) is 1. The van der Waals surface area contributed by atoms with E-state index >= 15 is 0 Å². The highest BCUT2D eigenvalue weighted by Gasteiger charge is 2.28. The molecule has 0 aliphatic carbocycles. The second-order valence-electron chi connectivity index (χ2n) is 5.10. The first-order valence-electron chi connectivity index (χ1n) is 6.50. The molecule has 0 N–H and O–H groups in total. The van der Waals surface area contributed by atoms with Gasteiger partial charge in [-0.3, -0.25) is 4.90 Å². The monoisotopic (exact) mass is 231 g/mol. The summed E-state index contributed by atoms with van der Waals surface area (Å²) in [5.41, 5.74) is 0. The van der Waals surface area contributed by atoms with Crippen LogP contribution in [0.4, 0.5) is 0 Å². The van der Waals surface area contributed by atoms with Crippen molar-refractivity contribution >= 4 is 11.6 Å². The first-order valence-corrected chi connectivity index (χ1v) is 7.04. The van der Waals surface area contributed by atoms with Gasteiger partial charge in [-0.1, -0.05) is 13.8 Å². The van der Waals surface area contributed by atoms with E-state index < -0.39 is 0 Å². The fourth-order valence-electron chi connectivity index (χ4n) is 2.67. The molecule has 1 aliphatic rings. The van der Waals surface area contributed by atoms with Gasteiger partial charge in [0.1, 0.15) is 0 Å². The average molecular weight is 232 g/mol. The van der Waals surface area contributed by atoms with Crippen LogP contribution in [0.2, 0.25) is 0 Å². The van der Waals surface area contributed by atoms with Crippen LogP contribution in [0.25, 0.3) is 0 Å². The van der Waals surface area contributed by atoms with Gasteiger partial charge in [-0.15, -0.1) is 11.6 Å². The molecule has 1 fully saturated rings. The molecule has 2 heteroatoms. The number of halogens is 1. The maximum Gasteiger partial charge on any atom is 0.0225 e. The van der Waals surface area contributed by atoms with Crippen LogP contribution >= 0.6 is 11.6 Å². The summed E-state index contributed by atoms with van der Waals surface area (Å²) in [6.45, 7) is 8.29. The van der Waals surface area contributed by atoms with E-state index in [9.17, 15) is 0 Å². The highest BCUT2D eigenvalue weighted by molar-refractivity contribution is 6.17. The predicted octanol–water partition coefficient (Wildman–Crippen LogP) is 3.90. The highest BCUT2D eigenvalue weighted by atomic mass is 35.5. The van der Waals surface area contributed by atoms with Crippen LogP contribution in [0.15, 0.2) is 0 Å². The minimum Gasteiger partial charge on any atom is -0.298 e. The molecule has 3 atom stereocenters. The lowest BCUT2D eigenvalue weighted by Crippen LogP contribution is -2.35. The average Bonchev–Trinajstić information content (AvgIpc) is 2.57. The normalized spacial score (nSPS) is 29.6. The van der Waals surface area contributed by atoms with Crippen LogP contribution < -0.4 is 0 Å². The van der Waals surface area contributed by atoms with Crippen molar-refractivity contribution in [3.8, 4) is 0 Å². The third kappa shape index (κ3) is 3.96. The largest absolute Gasteiger partial charge is 0.298 e. The molecule has 0 bridgehead atoms. The molecule has 90 valence electrons. The minimum atomic E-state index is 0.785. The summed E-state index contributed by atoms with van der Waals surface area (Å²) in [7, 11) is 0. The van der Waals surface area contributed by atoms with E-state index in [1.165, 1.54) is 38.6 Å². The Labute approximate surface area is 100 Å². The van der Waals surface area contributed by atoms with E-state index in [0.29, 0.717) is 0 Å². The Morgan fingerprint density at radius 3 is 2.67 bits per heavy atom. The Morgan fingerprint density at radius 1 is 1.33 bits per heavy atom. The molecule has 15 heavy (non-hydrogen) atoms. The van der Waals surface area contributed by atoms with Gasteiger partial charge in [-0.2, -0.15) is 0 Å². The lowest BCUT2D eigenvalue weighted by molar-refractivity contribution is 0.185. The van der Waals surface area contributed by atoms with E-state index in [1.54, 1.807) is 0 Å². The van der Waals surface area contributed by atoms with E-state index in [2.05, 4.69) is 25.7 Å². The van der Waals surface area contributed by atoms with Crippen LogP contribution in [-0.4, -0.2) is 29.4 Å². The SMILES string of the molecule is CCC1CCC(C)N1CCC(C)CCCl. The van der Waals surface area contributed by atoms with Gasteiger partial charge in [0.25, 0.3) is 0 Å². The van der Waals surface area contributed by atoms with Gasteiger partial charge in [0.15, 0.2) is 0 Å². The van der Waals surface area contributed by atoms with E-state index in [-0.39, 0.29) is 0 Å². The summed E-state index contributed by atoms with van der Waals surface area (Å²) in [5, 5.41) is 0. The van der Waals surface area contributed by atoms with E-state index in [1.807, 2.05) is 0 Å². The third-order valence-electron chi connectivity index (χ3n) is 3.91. The maximum atomic E-state index is 5.76. The van der Waals surface area contributed by atoms with Crippen LogP contribution in [-0.2, 0) is 0 Å². The summed E-state index contributed by atoms with van der Waals surface area (Å²) >= 11 is 5.76. The van der Waals surface area contributed by atoms with Crippen molar-refractivity contribution in [3.05, 3.63) is 0 Å². The molecule has 1 aliphatic heterocycles. The van der Waals surface area contributed by atoms with Crippen molar-refractivity contribution in [3.63, 3.8) is 0 Å². The van der Waals surface area contributed by atoms with Crippen molar-refractivity contribution in [2.45, 2.75) is 65.0 Å². The zero-order chi connectivity index (χ0) is 11.3. The Morgan fingerprint density at radius 2 is 2.07 bits per heavy atom. The van der Waals surface area contributed by atoms with Crippen LogP contribution in [0.3, 0.4) is 0 Å². The fourth-order valence-corrected chi connectivity index (χ4v) is 3.04. The number of rotatable bonds is 6. The van der Waals surface area contributed by atoms with Gasteiger partial charge >= 0.3 is 0 Å². The molecular weight excluding hydrogens is 206 g/mol. The molecule has 0 spiro atoms. The minimum absolute atomic E-state index is 0.785. The number of likely N-dealkylation sites (tertiary alicyclic amines) is 1. The van der Waals surface area contributed by atoms with Crippen molar-refractivity contribution in [2.24, 2.45) is 5.92 Å². The lowest BCUT2D eigenvalue weighted by atomic mass is 10.0.